The van der Waals surface area contributed by atoms with Gasteiger partial charge >= 0.3 is 12.0 Å². The molecule has 1 aliphatic heterocycles. The number of fused-ring (bicyclic) bond motifs is 1. The summed E-state index contributed by atoms with van der Waals surface area (Å²) in [6, 6.07) is 5.83. The lowest BCUT2D eigenvalue weighted by Gasteiger charge is -2.17. The fraction of sp³-hybridized carbons (Fsp3) is 0.500. The molecule has 0 saturated carbocycles. The molecule has 1 fully saturated rings. The Morgan fingerprint density at radius 3 is 2.71 bits per heavy atom. The van der Waals surface area contributed by atoms with Gasteiger partial charge in [0, 0.05) is 18.8 Å². The molecule has 1 heterocycles. The van der Waals surface area contributed by atoms with Gasteiger partial charge in [-0.1, -0.05) is 13.0 Å². The summed E-state index contributed by atoms with van der Waals surface area (Å²) < 4.78 is 0. The van der Waals surface area contributed by atoms with Gasteiger partial charge in [0.15, 0.2) is 0 Å². The Balaban J connectivity index is 1.66. The number of nitrogens with one attached hydrogen (secondary N) is 1. The van der Waals surface area contributed by atoms with E-state index in [0.717, 1.165) is 18.5 Å². The maximum absolute atomic E-state index is 12.3. The van der Waals surface area contributed by atoms with E-state index in [2.05, 4.69) is 11.4 Å². The van der Waals surface area contributed by atoms with Gasteiger partial charge in [-0.25, -0.2) is 4.79 Å². The molecular formula is C16H20N2O3. The second-order valence-electron chi connectivity index (χ2n) is 6.09. The van der Waals surface area contributed by atoms with Gasteiger partial charge in [0.1, 0.15) is 0 Å². The minimum Gasteiger partial charge on any atom is -0.481 e. The van der Waals surface area contributed by atoms with Crippen molar-refractivity contribution in [2.75, 3.05) is 18.4 Å². The largest absolute Gasteiger partial charge is 0.481 e. The highest BCUT2D eigenvalue weighted by Gasteiger charge is 2.36. The van der Waals surface area contributed by atoms with E-state index in [0.29, 0.717) is 6.54 Å². The zero-order valence-electron chi connectivity index (χ0n) is 12.1. The number of hydrogen-bond donors (Lipinski definition) is 2. The van der Waals surface area contributed by atoms with Crippen LogP contribution in [-0.2, 0) is 17.6 Å². The summed E-state index contributed by atoms with van der Waals surface area (Å²) >= 11 is 0. The van der Waals surface area contributed by atoms with E-state index in [4.69, 9.17) is 5.11 Å². The van der Waals surface area contributed by atoms with Crippen LogP contribution >= 0.6 is 0 Å². The van der Waals surface area contributed by atoms with Crippen molar-refractivity contribution in [3.05, 3.63) is 29.3 Å². The molecule has 1 aliphatic carbocycles. The predicted octanol–water partition coefficient (Wildman–Crippen LogP) is 2.36. The number of carbonyl (C=O) groups excluding carboxylic acids is 1. The number of likely N-dealkylation sites (tertiary alicyclic amines) is 1. The van der Waals surface area contributed by atoms with Crippen molar-refractivity contribution in [3.63, 3.8) is 0 Å². The minimum atomic E-state index is -0.824. The first-order valence-electron chi connectivity index (χ1n) is 7.45. The number of amides is 2. The number of benzene rings is 1. The van der Waals surface area contributed by atoms with Crippen molar-refractivity contribution in [1.82, 2.24) is 4.90 Å². The standard InChI is InChI=1S/C16H20N2O3/c1-10-8-18(9-14(10)15(19)20)16(21)17-13-6-5-11-3-2-4-12(11)7-13/h5-7,10,14H,2-4,8-9H2,1H3,(H,17,21)(H,19,20)/t10-,14-/m1/s1. The highest BCUT2D eigenvalue weighted by molar-refractivity contribution is 5.90. The molecule has 21 heavy (non-hydrogen) atoms. The molecule has 5 nitrogen and oxygen atoms in total. The van der Waals surface area contributed by atoms with Crippen LogP contribution in [0.25, 0.3) is 0 Å². The molecule has 2 amide bonds. The van der Waals surface area contributed by atoms with Crippen molar-refractivity contribution < 1.29 is 14.7 Å². The molecule has 112 valence electrons. The lowest BCUT2D eigenvalue weighted by Crippen LogP contribution is -2.33. The minimum absolute atomic E-state index is 0.00623. The van der Waals surface area contributed by atoms with Crippen LogP contribution in [0.5, 0.6) is 0 Å². The first-order valence-corrected chi connectivity index (χ1v) is 7.45. The summed E-state index contributed by atoms with van der Waals surface area (Å²) in [5.41, 5.74) is 3.48. The fourth-order valence-corrected chi connectivity index (χ4v) is 3.31. The molecule has 0 bridgehead atoms. The smallest absolute Gasteiger partial charge is 0.321 e. The van der Waals surface area contributed by atoms with E-state index >= 15 is 0 Å². The van der Waals surface area contributed by atoms with Crippen LogP contribution in [0.15, 0.2) is 18.2 Å². The van der Waals surface area contributed by atoms with Gasteiger partial charge in [-0.05, 0) is 48.4 Å². The summed E-state index contributed by atoms with van der Waals surface area (Å²) in [4.78, 5) is 25.0. The third-order valence-corrected chi connectivity index (χ3v) is 4.57. The number of rotatable bonds is 2. The zero-order chi connectivity index (χ0) is 15.0. The number of aliphatic carboxylic acids is 1. The van der Waals surface area contributed by atoms with E-state index < -0.39 is 11.9 Å². The van der Waals surface area contributed by atoms with Crippen molar-refractivity contribution in [1.29, 1.82) is 0 Å². The number of hydrogen-bond acceptors (Lipinski definition) is 2. The molecule has 2 N–H and O–H groups in total. The summed E-state index contributed by atoms with van der Waals surface area (Å²) in [6.07, 6.45) is 3.37. The Hall–Kier alpha value is -2.04. The fourth-order valence-electron chi connectivity index (χ4n) is 3.31. The van der Waals surface area contributed by atoms with Gasteiger partial charge < -0.3 is 15.3 Å². The van der Waals surface area contributed by atoms with E-state index in [-0.39, 0.29) is 18.5 Å². The van der Waals surface area contributed by atoms with Crippen molar-refractivity contribution in [2.45, 2.75) is 26.2 Å². The summed E-state index contributed by atoms with van der Waals surface area (Å²) in [6.45, 7) is 2.66. The summed E-state index contributed by atoms with van der Waals surface area (Å²) in [5, 5.41) is 12.0. The van der Waals surface area contributed by atoms with Gasteiger partial charge in [-0.2, -0.15) is 0 Å². The number of urea groups is 1. The molecule has 0 radical (unpaired) electrons. The normalized spacial score (nSPS) is 24.0. The highest BCUT2D eigenvalue weighted by atomic mass is 16.4. The predicted molar refractivity (Wildman–Crippen MR) is 79.3 cm³/mol. The molecule has 1 saturated heterocycles. The average molecular weight is 288 g/mol. The van der Waals surface area contributed by atoms with E-state index in [1.165, 1.54) is 17.5 Å². The molecule has 0 spiro atoms. The van der Waals surface area contributed by atoms with Crippen LogP contribution in [0.3, 0.4) is 0 Å². The van der Waals surface area contributed by atoms with Crippen LogP contribution < -0.4 is 5.32 Å². The zero-order valence-corrected chi connectivity index (χ0v) is 12.1. The monoisotopic (exact) mass is 288 g/mol. The van der Waals surface area contributed by atoms with Crippen LogP contribution in [0.2, 0.25) is 0 Å². The summed E-state index contributed by atoms with van der Waals surface area (Å²) in [7, 11) is 0. The van der Waals surface area contributed by atoms with E-state index in [1.807, 2.05) is 19.1 Å². The second kappa shape index (κ2) is 5.39. The molecule has 5 heteroatoms. The maximum Gasteiger partial charge on any atom is 0.321 e. The van der Waals surface area contributed by atoms with Crippen molar-refractivity contribution >= 4 is 17.7 Å². The molecule has 0 aromatic heterocycles. The number of aryl methyl sites for hydroxylation is 2. The molecule has 1 aromatic carbocycles. The summed E-state index contributed by atoms with van der Waals surface area (Å²) in [5.74, 6) is -1.29. The Bertz CT molecular complexity index is 585. The van der Waals surface area contributed by atoms with Crippen LogP contribution in [0.1, 0.15) is 24.5 Å². The van der Waals surface area contributed by atoms with Crippen LogP contribution in [0, 0.1) is 11.8 Å². The third kappa shape index (κ3) is 2.73. The van der Waals surface area contributed by atoms with Crippen molar-refractivity contribution in [3.8, 4) is 0 Å². The molecule has 2 aliphatic rings. The lowest BCUT2D eigenvalue weighted by atomic mass is 9.99. The first kappa shape index (κ1) is 13.9. The molecule has 3 rings (SSSR count). The Kier molecular flexibility index (Phi) is 3.57. The number of carbonyl (C=O) groups is 2. The third-order valence-electron chi connectivity index (χ3n) is 4.57. The van der Waals surface area contributed by atoms with Gasteiger partial charge in [0.2, 0.25) is 0 Å². The Morgan fingerprint density at radius 2 is 2.00 bits per heavy atom. The van der Waals surface area contributed by atoms with Crippen molar-refractivity contribution in [2.24, 2.45) is 11.8 Å². The number of carboxylic acid groups (broad SMARTS) is 1. The van der Waals surface area contributed by atoms with Gasteiger partial charge in [-0.3, -0.25) is 4.79 Å². The Morgan fingerprint density at radius 1 is 1.24 bits per heavy atom. The lowest BCUT2D eigenvalue weighted by molar-refractivity contribution is -0.142. The number of carboxylic acids is 1. The SMILES string of the molecule is C[C@@H]1CN(C(=O)Nc2ccc3c(c2)CCC3)C[C@H]1C(=O)O. The molecule has 0 unspecified atom stereocenters. The quantitative estimate of drug-likeness (QED) is 0.877. The maximum atomic E-state index is 12.3. The van der Waals surface area contributed by atoms with Gasteiger partial charge in [0.25, 0.3) is 0 Å². The average Bonchev–Trinajstić information content (AvgIpc) is 3.04. The Labute approximate surface area is 123 Å². The number of nitrogens with zero attached hydrogens (tertiary/aromatic N) is 1. The van der Waals surface area contributed by atoms with E-state index in [9.17, 15) is 9.59 Å². The number of anilines is 1. The van der Waals surface area contributed by atoms with E-state index in [1.54, 1.807) is 4.90 Å². The van der Waals surface area contributed by atoms with Crippen LogP contribution in [0.4, 0.5) is 10.5 Å². The molecule has 2 atom stereocenters. The first-order chi connectivity index (χ1) is 10.0. The van der Waals surface area contributed by atoms with Crippen LogP contribution in [-0.4, -0.2) is 35.1 Å². The second-order valence-corrected chi connectivity index (χ2v) is 6.09. The van der Waals surface area contributed by atoms with Gasteiger partial charge in [0.05, 0.1) is 5.92 Å². The molecular weight excluding hydrogens is 268 g/mol. The highest BCUT2D eigenvalue weighted by Crippen LogP contribution is 2.26. The topological polar surface area (TPSA) is 69.6 Å². The molecule has 1 aromatic rings. The van der Waals surface area contributed by atoms with Gasteiger partial charge in [-0.15, -0.1) is 0 Å².